The minimum Gasteiger partial charge on any atom is -0.364 e. The van der Waals surface area contributed by atoms with E-state index in [1.165, 1.54) is 24.0 Å². The highest BCUT2D eigenvalue weighted by molar-refractivity contribution is 7.17. The predicted molar refractivity (Wildman–Crippen MR) is 128 cm³/mol. The minimum atomic E-state index is 0.162. The molecule has 0 atom stereocenters. The second-order valence-corrected chi connectivity index (χ2v) is 9.93. The van der Waals surface area contributed by atoms with Crippen LogP contribution in [0.2, 0.25) is 0 Å². The van der Waals surface area contributed by atoms with Crippen LogP contribution in [0, 0.1) is 6.92 Å². The lowest BCUT2D eigenvalue weighted by Gasteiger charge is -2.33. The largest absolute Gasteiger partial charge is 0.364 e. The normalized spacial score (nSPS) is 18.9. The molecule has 8 heteroatoms. The molecule has 2 fully saturated rings. The van der Waals surface area contributed by atoms with E-state index in [4.69, 9.17) is 9.97 Å². The fourth-order valence-corrected chi connectivity index (χ4v) is 4.98. The van der Waals surface area contributed by atoms with Gasteiger partial charge in [0.1, 0.15) is 16.5 Å². The Bertz CT molecular complexity index is 1050. The summed E-state index contributed by atoms with van der Waals surface area (Å²) in [6.45, 7) is 13.3. The Morgan fingerprint density at radius 2 is 1.87 bits per heavy atom. The zero-order valence-corrected chi connectivity index (χ0v) is 19.4. The number of pyridine rings is 1. The van der Waals surface area contributed by atoms with Crippen LogP contribution in [0.25, 0.3) is 10.2 Å². The maximum absolute atomic E-state index is 4.81. The summed E-state index contributed by atoms with van der Waals surface area (Å²) >= 11 is 1.66. The van der Waals surface area contributed by atoms with Crippen molar-refractivity contribution in [1.29, 1.82) is 0 Å². The van der Waals surface area contributed by atoms with Crippen LogP contribution in [0.1, 0.15) is 37.8 Å². The molecule has 0 unspecified atom stereocenters. The molecule has 0 radical (unpaired) electrons. The number of hydrogen-bond donors (Lipinski definition) is 2. The van der Waals surface area contributed by atoms with Crippen LogP contribution < -0.4 is 10.6 Å². The van der Waals surface area contributed by atoms with Gasteiger partial charge in [-0.05, 0) is 55.8 Å². The molecule has 4 heterocycles. The monoisotopic (exact) mass is 437 g/mol. The van der Waals surface area contributed by atoms with Crippen molar-refractivity contribution in [3.8, 4) is 0 Å². The number of likely N-dealkylation sites (N-methyl/N-ethyl adjacent to an activating group) is 1. The molecule has 3 aromatic heterocycles. The number of anilines is 3. The van der Waals surface area contributed by atoms with Crippen molar-refractivity contribution < 1.29 is 0 Å². The molecule has 1 saturated carbocycles. The number of piperazine rings is 1. The molecule has 3 aromatic rings. The quantitative estimate of drug-likeness (QED) is 0.573. The summed E-state index contributed by atoms with van der Waals surface area (Å²) in [6, 6.07) is 4.18. The van der Waals surface area contributed by atoms with E-state index in [1.54, 1.807) is 11.3 Å². The highest BCUT2D eigenvalue weighted by Gasteiger charge is 2.38. The number of aromatic nitrogens is 3. The van der Waals surface area contributed by atoms with Crippen LogP contribution in [0.5, 0.6) is 0 Å². The van der Waals surface area contributed by atoms with E-state index in [0.717, 1.165) is 61.1 Å². The van der Waals surface area contributed by atoms with Gasteiger partial charge in [0, 0.05) is 44.5 Å². The number of nitrogens with one attached hydrogen (secondary N) is 2. The van der Waals surface area contributed by atoms with Crippen molar-refractivity contribution >= 4 is 39.1 Å². The molecular weight excluding hydrogens is 406 g/mol. The SMILES string of the molecule is CCN1CCN(Cc2ccc(Nc3nc(NC4(C)CC4)c4c(C)csc4n3)nc2)CC1. The van der Waals surface area contributed by atoms with Gasteiger partial charge in [-0.25, -0.2) is 9.97 Å². The number of nitrogens with zero attached hydrogens (tertiary/aromatic N) is 5. The van der Waals surface area contributed by atoms with Gasteiger partial charge in [0.2, 0.25) is 5.95 Å². The number of thiophene rings is 1. The van der Waals surface area contributed by atoms with Gasteiger partial charge in [0.15, 0.2) is 0 Å². The van der Waals surface area contributed by atoms with Crippen molar-refractivity contribution in [2.45, 2.75) is 45.7 Å². The van der Waals surface area contributed by atoms with E-state index < -0.39 is 0 Å². The molecule has 2 aliphatic rings. The first kappa shape index (κ1) is 20.6. The molecule has 31 heavy (non-hydrogen) atoms. The smallest absolute Gasteiger partial charge is 0.231 e. The first-order valence-electron chi connectivity index (χ1n) is 11.2. The fourth-order valence-electron chi connectivity index (χ4n) is 4.06. The van der Waals surface area contributed by atoms with E-state index in [9.17, 15) is 0 Å². The molecule has 1 aliphatic heterocycles. The summed E-state index contributed by atoms with van der Waals surface area (Å²) in [5.74, 6) is 2.29. The number of fused-ring (bicyclic) bond motifs is 1. The average molecular weight is 438 g/mol. The molecule has 5 rings (SSSR count). The molecule has 0 aromatic carbocycles. The fraction of sp³-hybridized carbons (Fsp3) is 0.522. The van der Waals surface area contributed by atoms with Crippen molar-refractivity contribution in [1.82, 2.24) is 24.8 Å². The minimum absolute atomic E-state index is 0.162. The van der Waals surface area contributed by atoms with Crippen LogP contribution in [0.4, 0.5) is 17.6 Å². The maximum Gasteiger partial charge on any atom is 0.231 e. The van der Waals surface area contributed by atoms with Gasteiger partial charge in [0.05, 0.1) is 5.39 Å². The van der Waals surface area contributed by atoms with Gasteiger partial charge < -0.3 is 15.5 Å². The maximum atomic E-state index is 4.81. The van der Waals surface area contributed by atoms with E-state index in [-0.39, 0.29) is 5.54 Å². The van der Waals surface area contributed by atoms with Crippen molar-refractivity contribution in [2.24, 2.45) is 0 Å². The second kappa shape index (κ2) is 8.33. The number of aryl methyl sites for hydroxylation is 1. The molecule has 0 amide bonds. The van der Waals surface area contributed by atoms with Gasteiger partial charge >= 0.3 is 0 Å². The summed E-state index contributed by atoms with van der Waals surface area (Å²) in [4.78, 5) is 20.2. The van der Waals surface area contributed by atoms with E-state index in [1.807, 2.05) is 12.3 Å². The molecule has 1 saturated heterocycles. The zero-order valence-electron chi connectivity index (χ0n) is 18.6. The Morgan fingerprint density at radius 1 is 1.10 bits per heavy atom. The van der Waals surface area contributed by atoms with Gasteiger partial charge in [-0.15, -0.1) is 11.3 Å². The first-order valence-corrected chi connectivity index (χ1v) is 12.1. The molecule has 164 valence electrons. The number of hydrogen-bond acceptors (Lipinski definition) is 8. The van der Waals surface area contributed by atoms with E-state index in [0.29, 0.717) is 5.95 Å². The first-order chi connectivity index (χ1) is 15.0. The van der Waals surface area contributed by atoms with Gasteiger partial charge in [-0.2, -0.15) is 4.98 Å². The van der Waals surface area contributed by atoms with Crippen LogP contribution >= 0.6 is 11.3 Å². The Labute approximate surface area is 187 Å². The third kappa shape index (κ3) is 4.66. The molecule has 0 bridgehead atoms. The van der Waals surface area contributed by atoms with Gasteiger partial charge in [-0.1, -0.05) is 13.0 Å². The molecule has 7 nitrogen and oxygen atoms in total. The average Bonchev–Trinajstić information content (AvgIpc) is 3.38. The number of rotatable bonds is 7. The predicted octanol–water partition coefficient (Wildman–Crippen LogP) is 4.24. The molecular formula is C23H31N7S. The molecule has 0 spiro atoms. The van der Waals surface area contributed by atoms with Crippen molar-refractivity contribution in [3.05, 3.63) is 34.8 Å². The second-order valence-electron chi connectivity index (χ2n) is 9.07. The summed E-state index contributed by atoms with van der Waals surface area (Å²) in [5.41, 5.74) is 2.63. The third-order valence-corrected chi connectivity index (χ3v) is 7.41. The standard InChI is InChI=1S/C23H31N7S/c1-4-29-9-11-30(12-10-29)14-17-5-6-18(24-13-17)25-22-26-20(28-23(3)7-8-23)19-16(2)15-31-21(19)27-22/h5-6,13,15H,4,7-12,14H2,1-3H3,(H2,24,25,26,27,28). The van der Waals surface area contributed by atoms with E-state index >= 15 is 0 Å². The van der Waals surface area contributed by atoms with Crippen LogP contribution in [-0.4, -0.2) is 63.0 Å². The Hall–Kier alpha value is -2.29. The van der Waals surface area contributed by atoms with Crippen molar-refractivity contribution in [2.75, 3.05) is 43.4 Å². The highest BCUT2D eigenvalue weighted by Crippen LogP contribution is 2.40. The molecule has 2 N–H and O–H groups in total. The lowest BCUT2D eigenvalue weighted by molar-refractivity contribution is 0.132. The van der Waals surface area contributed by atoms with Gasteiger partial charge in [0.25, 0.3) is 0 Å². The van der Waals surface area contributed by atoms with Crippen LogP contribution in [-0.2, 0) is 6.54 Å². The van der Waals surface area contributed by atoms with Crippen LogP contribution in [0.15, 0.2) is 23.7 Å². The van der Waals surface area contributed by atoms with E-state index in [2.05, 4.69) is 57.6 Å². The Kier molecular flexibility index (Phi) is 5.54. The highest BCUT2D eigenvalue weighted by atomic mass is 32.1. The lowest BCUT2D eigenvalue weighted by Crippen LogP contribution is -2.45. The summed E-state index contributed by atoms with van der Waals surface area (Å²) < 4.78 is 0. The molecule has 1 aliphatic carbocycles. The topological polar surface area (TPSA) is 69.2 Å². The Morgan fingerprint density at radius 3 is 2.55 bits per heavy atom. The third-order valence-electron chi connectivity index (χ3n) is 6.42. The van der Waals surface area contributed by atoms with Gasteiger partial charge in [-0.3, -0.25) is 4.90 Å². The summed E-state index contributed by atoms with van der Waals surface area (Å²) in [7, 11) is 0. The summed E-state index contributed by atoms with van der Waals surface area (Å²) in [5, 5.41) is 10.2. The lowest BCUT2D eigenvalue weighted by atomic mass is 10.2. The summed E-state index contributed by atoms with van der Waals surface area (Å²) in [6.07, 6.45) is 4.33. The Balaban J connectivity index is 1.28. The van der Waals surface area contributed by atoms with Crippen LogP contribution in [0.3, 0.4) is 0 Å². The van der Waals surface area contributed by atoms with Crippen molar-refractivity contribution in [3.63, 3.8) is 0 Å². The zero-order chi connectivity index (χ0) is 21.4.